The van der Waals surface area contributed by atoms with Crippen LogP contribution in [0.4, 0.5) is 0 Å². The van der Waals surface area contributed by atoms with Crippen LogP contribution in [-0.2, 0) is 6.42 Å². The van der Waals surface area contributed by atoms with Crippen molar-refractivity contribution in [2.24, 2.45) is 0 Å². The van der Waals surface area contributed by atoms with Crippen molar-refractivity contribution in [3.63, 3.8) is 0 Å². The smallest absolute Gasteiger partial charge is 0.165 e. The van der Waals surface area contributed by atoms with E-state index in [1.807, 2.05) is 22.7 Å². The molecular weight excluding hydrogens is 707 g/mol. The molecule has 0 amide bonds. The van der Waals surface area contributed by atoms with Crippen LogP contribution < -0.4 is 0 Å². The Balaban J connectivity index is 1.27. The van der Waals surface area contributed by atoms with Crippen molar-refractivity contribution in [1.82, 2.24) is 14.5 Å². The van der Waals surface area contributed by atoms with Gasteiger partial charge in [0.05, 0.1) is 26.8 Å². The number of para-hydroxylation sites is 1. The largest absolute Gasteiger partial charge is 0.290 e. The lowest BCUT2D eigenvalue weighted by atomic mass is 9.89. The SMILES string of the molecule is C1=Cc2c(c3c4ccc5ccccc5c4sc3c3c2c2ccccc2n3-c2nc3c(ccc4ccccc43)nc2-c2cccc3c2sc2ccccc23)CC1. The van der Waals surface area contributed by atoms with Gasteiger partial charge in [0.25, 0.3) is 0 Å². The van der Waals surface area contributed by atoms with Gasteiger partial charge in [-0.1, -0.05) is 133 Å². The summed E-state index contributed by atoms with van der Waals surface area (Å²) in [4.78, 5) is 11.4. The topological polar surface area (TPSA) is 30.7 Å². The average molecular weight is 736 g/mol. The summed E-state index contributed by atoms with van der Waals surface area (Å²) in [6.07, 6.45) is 6.82. The molecule has 1 aliphatic carbocycles. The molecule has 0 fully saturated rings. The van der Waals surface area contributed by atoms with Crippen molar-refractivity contribution in [2.75, 3.05) is 0 Å². The maximum atomic E-state index is 5.80. The van der Waals surface area contributed by atoms with Crippen LogP contribution in [0.5, 0.6) is 0 Å². The maximum absolute atomic E-state index is 5.80. The molecule has 13 rings (SSSR count). The first kappa shape index (κ1) is 30.0. The minimum Gasteiger partial charge on any atom is -0.290 e. The number of thiophene rings is 2. The van der Waals surface area contributed by atoms with Crippen LogP contribution in [0.25, 0.3) is 118 Å². The Morgan fingerprint density at radius 3 is 2.18 bits per heavy atom. The predicted octanol–water partition coefficient (Wildman–Crippen LogP) is 14.4. The monoisotopic (exact) mass is 735 g/mol. The van der Waals surface area contributed by atoms with Gasteiger partial charge in [-0.15, -0.1) is 22.7 Å². The van der Waals surface area contributed by atoms with Gasteiger partial charge in [0.2, 0.25) is 0 Å². The van der Waals surface area contributed by atoms with E-state index >= 15 is 0 Å². The zero-order valence-corrected chi connectivity index (χ0v) is 31.1. The standard InChI is InChI=1S/C50H29N3S2/c1-3-14-30-28(12-1)25-27-39-44(30)52-50(45(51-39)38-21-11-20-35-32-16-8-10-23-41(32)54-48(35)38)53-40-22-9-7-19-36(40)42-33-17-5-6-18-34(33)43-37-26-24-29-13-2-4-15-31(29)47(37)55-49(43)46(42)53/h1-5,7-17,19-27H,6,18H2. The Labute approximate surface area is 323 Å². The molecule has 4 heterocycles. The Kier molecular flexibility index (Phi) is 6.04. The van der Waals surface area contributed by atoms with Crippen LogP contribution in [0, 0.1) is 0 Å². The van der Waals surface area contributed by atoms with E-state index in [0.29, 0.717) is 0 Å². The molecule has 0 saturated carbocycles. The number of allylic oxidation sites excluding steroid dienone is 1. The van der Waals surface area contributed by atoms with E-state index in [9.17, 15) is 0 Å². The third-order valence-electron chi connectivity index (χ3n) is 11.8. The van der Waals surface area contributed by atoms with Gasteiger partial charge in [-0.3, -0.25) is 4.57 Å². The molecule has 0 radical (unpaired) electrons. The van der Waals surface area contributed by atoms with E-state index in [1.165, 1.54) is 78.5 Å². The van der Waals surface area contributed by atoms with E-state index in [0.717, 1.165) is 57.2 Å². The van der Waals surface area contributed by atoms with E-state index < -0.39 is 0 Å². The fourth-order valence-electron chi connectivity index (χ4n) is 9.45. The number of aryl methyl sites for hydroxylation is 1. The average Bonchev–Trinajstić information content (AvgIpc) is 3.94. The van der Waals surface area contributed by atoms with Gasteiger partial charge < -0.3 is 0 Å². The van der Waals surface area contributed by atoms with E-state index in [-0.39, 0.29) is 0 Å². The molecule has 4 aromatic heterocycles. The molecule has 0 atom stereocenters. The first-order valence-electron chi connectivity index (χ1n) is 18.9. The second-order valence-electron chi connectivity index (χ2n) is 14.7. The van der Waals surface area contributed by atoms with Gasteiger partial charge in [-0.05, 0) is 58.3 Å². The number of fused-ring (bicyclic) bond motifs is 18. The normalized spacial score (nSPS) is 13.2. The quantitative estimate of drug-likeness (QED) is 0.166. The molecule has 0 aliphatic heterocycles. The number of hydrogen-bond acceptors (Lipinski definition) is 4. The second-order valence-corrected chi connectivity index (χ2v) is 16.8. The van der Waals surface area contributed by atoms with Crippen molar-refractivity contribution in [3.8, 4) is 17.1 Å². The van der Waals surface area contributed by atoms with Crippen molar-refractivity contribution < 1.29 is 0 Å². The number of nitrogens with zero attached hydrogens (tertiary/aromatic N) is 3. The summed E-state index contributed by atoms with van der Waals surface area (Å²) in [6, 6.07) is 50.8. The van der Waals surface area contributed by atoms with Crippen molar-refractivity contribution >= 4 is 123 Å². The molecule has 0 saturated heterocycles. The van der Waals surface area contributed by atoms with Crippen molar-refractivity contribution in [2.45, 2.75) is 12.8 Å². The molecule has 0 spiro atoms. The van der Waals surface area contributed by atoms with E-state index in [4.69, 9.17) is 9.97 Å². The highest BCUT2D eigenvalue weighted by atomic mass is 32.1. The second kappa shape index (κ2) is 11.1. The maximum Gasteiger partial charge on any atom is 0.165 e. The number of benzene rings is 8. The zero-order chi connectivity index (χ0) is 35.8. The molecule has 256 valence electrons. The Hall–Kier alpha value is -6.40. The first-order valence-corrected chi connectivity index (χ1v) is 20.5. The summed E-state index contributed by atoms with van der Waals surface area (Å²) in [6.45, 7) is 0. The Morgan fingerprint density at radius 2 is 1.27 bits per heavy atom. The lowest BCUT2D eigenvalue weighted by molar-refractivity contribution is 1.00. The first-order chi connectivity index (χ1) is 27.3. The van der Waals surface area contributed by atoms with Crippen molar-refractivity contribution in [1.29, 1.82) is 0 Å². The summed E-state index contributed by atoms with van der Waals surface area (Å²) >= 11 is 3.79. The van der Waals surface area contributed by atoms with Gasteiger partial charge in [0.15, 0.2) is 5.82 Å². The van der Waals surface area contributed by atoms with Crippen LogP contribution in [0.1, 0.15) is 17.5 Å². The highest BCUT2D eigenvalue weighted by Crippen LogP contribution is 2.51. The zero-order valence-electron chi connectivity index (χ0n) is 29.5. The summed E-state index contributed by atoms with van der Waals surface area (Å²) in [5.41, 5.74) is 8.98. The Morgan fingerprint density at radius 1 is 0.527 bits per heavy atom. The van der Waals surface area contributed by atoms with Crippen molar-refractivity contribution in [3.05, 3.63) is 157 Å². The molecule has 1 aliphatic rings. The fraction of sp³-hybridized carbons (Fsp3) is 0.0400. The van der Waals surface area contributed by atoms with Gasteiger partial charge in [-0.2, -0.15) is 0 Å². The van der Waals surface area contributed by atoms with E-state index in [1.54, 1.807) is 0 Å². The van der Waals surface area contributed by atoms with Crippen LogP contribution >= 0.6 is 22.7 Å². The Bertz CT molecular complexity index is 3670. The fourth-order valence-corrected chi connectivity index (χ4v) is 12.1. The third kappa shape index (κ3) is 4.04. The summed E-state index contributed by atoms with van der Waals surface area (Å²) in [5, 5.41) is 12.7. The molecule has 55 heavy (non-hydrogen) atoms. The molecule has 0 N–H and O–H groups in total. The number of rotatable bonds is 2. The lowest BCUT2D eigenvalue weighted by Crippen LogP contribution is -2.05. The minimum atomic E-state index is 0.864. The van der Waals surface area contributed by atoms with Gasteiger partial charge in [0.1, 0.15) is 5.69 Å². The summed E-state index contributed by atoms with van der Waals surface area (Å²) in [7, 11) is 0. The predicted molar refractivity (Wildman–Crippen MR) is 237 cm³/mol. The highest BCUT2D eigenvalue weighted by Gasteiger charge is 2.28. The molecule has 0 unspecified atom stereocenters. The van der Waals surface area contributed by atoms with Crippen LogP contribution in [0.2, 0.25) is 0 Å². The number of aromatic nitrogens is 3. The molecule has 0 bridgehead atoms. The van der Waals surface area contributed by atoms with Gasteiger partial charge >= 0.3 is 0 Å². The van der Waals surface area contributed by atoms with Crippen LogP contribution in [-0.4, -0.2) is 14.5 Å². The highest BCUT2D eigenvalue weighted by molar-refractivity contribution is 7.27. The summed E-state index contributed by atoms with van der Waals surface area (Å²) < 4.78 is 7.65. The van der Waals surface area contributed by atoms with E-state index in [2.05, 4.69) is 156 Å². The van der Waals surface area contributed by atoms with Crippen LogP contribution in [0.3, 0.4) is 0 Å². The minimum absolute atomic E-state index is 0.864. The van der Waals surface area contributed by atoms with Gasteiger partial charge in [-0.25, -0.2) is 9.97 Å². The molecule has 5 heteroatoms. The molecule has 8 aromatic carbocycles. The van der Waals surface area contributed by atoms with Gasteiger partial charge in [0, 0.05) is 57.4 Å². The molecule has 3 nitrogen and oxygen atoms in total. The van der Waals surface area contributed by atoms with Crippen LogP contribution in [0.15, 0.2) is 146 Å². The summed E-state index contributed by atoms with van der Waals surface area (Å²) in [5.74, 6) is 0.864. The molecular formula is C50H29N3S2. The number of hydrogen-bond donors (Lipinski definition) is 0. The lowest BCUT2D eigenvalue weighted by Gasteiger charge is -2.17. The molecule has 12 aromatic rings. The third-order valence-corrected chi connectivity index (χ3v) is 14.3.